The molecule has 0 aromatic heterocycles. The van der Waals surface area contributed by atoms with E-state index in [9.17, 15) is 9.59 Å². The molecule has 0 unspecified atom stereocenters. The van der Waals surface area contributed by atoms with Gasteiger partial charge in [0.2, 0.25) is 0 Å². The zero-order chi connectivity index (χ0) is 19.2. The van der Waals surface area contributed by atoms with Crippen molar-refractivity contribution in [3.05, 3.63) is 64.7 Å². The first kappa shape index (κ1) is 19.2. The number of nitrogens with zero attached hydrogens (tertiary/aromatic N) is 2. The Bertz CT molecular complexity index is 820. The van der Waals surface area contributed by atoms with Crippen molar-refractivity contribution in [1.82, 2.24) is 9.80 Å². The van der Waals surface area contributed by atoms with Gasteiger partial charge in [-0.1, -0.05) is 29.8 Å². The molecule has 1 fully saturated rings. The number of carbonyl (C=O) groups is 2. The lowest BCUT2D eigenvalue weighted by molar-refractivity contribution is -0.119. The number of ether oxygens (including phenoxy) is 1. The number of hydrogen-bond donors (Lipinski definition) is 1. The molecular formula is C20H22ClN3O3. The number of primary amides is 1. The molecule has 7 heteroatoms. The van der Waals surface area contributed by atoms with E-state index >= 15 is 0 Å². The lowest BCUT2D eigenvalue weighted by Gasteiger charge is -2.34. The highest BCUT2D eigenvalue weighted by Crippen LogP contribution is 2.17. The van der Waals surface area contributed by atoms with Crippen LogP contribution in [0.15, 0.2) is 48.5 Å². The zero-order valence-corrected chi connectivity index (χ0v) is 15.7. The van der Waals surface area contributed by atoms with E-state index in [0.717, 1.165) is 24.7 Å². The van der Waals surface area contributed by atoms with Crippen LogP contribution in [0.5, 0.6) is 5.75 Å². The molecule has 0 saturated carbocycles. The molecule has 1 saturated heterocycles. The second-order valence-electron chi connectivity index (χ2n) is 6.48. The highest BCUT2D eigenvalue weighted by atomic mass is 35.5. The average molecular weight is 388 g/mol. The third-order valence-corrected chi connectivity index (χ3v) is 4.65. The number of rotatable bonds is 6. The Balaban J connectivity index is 1.55. The van der Waals surface area contributed by atoms with Gasteiger partial charge in [0.15, 0.2) is 6.61 Å². The molecule has 1 aliphatic heterocycles. The molecule has 0 aliphatic carbocycles. The first-order chi connectivity index (χ1) is 13.0. The molecule has 2 amide bonds. The van der Waals surface area contributed by atoms with Crippen molar-refractivity contribution < 1.29 is 14.3 Å². The van der Waals surface area contributed by atoms with Crippen LogP contribution in [0.1, 0.15) is 15.9 Å². The van der Waals surface area contributed by atoms with Gasteiger partial charge in [-0.05, 0) is 35.9 Å². The fourth-order valence-electron chi connectivity index (χ4n) is 3.06. The SMILES string of the molecule is NC(=O)COc1cccc(C(=O)N2CCN(Cc3cccc(Cl)c3)CC2)c1. The van der Waals surface area contributed by atoms with Crippen LogP contribution in [0.4, 0.5) is 0 Å². The van der Waals surface area contributed by atoms with E-state index in [0.29, 0.717) is 24.4 Å². The fourth-order valence-corrected chi connectivity index (χ4v) is 3.27. The predicted octanol–water partition coefficient (Wildman–Crippen LogP) is 2.16. The Morgan fingerprint density at radius 1 is 1.04 bits per heavy atom. The molecule has 1 heterocycles. The molecule has 0 spiro atoms. The van der Waals surface area contributed by atoms with E-state index in [1.165, 1.54) is 5.56 Å². The maximum atomic E-state index is 12.7. The summed E-state index contributed by atoms with van der Waals surface area (Å²) in [6.45, 7) is 3.53. The molecule has 3 rings (SSSR count). The molecular weight excluding hydrogens is 366 g/mol. The van der Waals surface area contributed by atoms with Gasteiger partial charge in [-0.2, -0.15) is 0 Å². The predicted molar refractivity (Wildman–Crippen MR) is 104 cm³/mol. The number of hydrogen-bond acceptors (Lipinski definition) is 4. The summed E-state index contributed by atoms with van der Waals surface area (Å²) in [5, 5.41) is 0.736. The van der Waals surface area contributed by atoms with Crippen molar-refractivity contribution in [3.63, 3.8) is 0 Å². The molecule has 0 atom stereocenters. The van der Waals surface area contributed by atoms with Crippen molar-refractivity contribution >= 4 is 23.4 Å². The summed E-state index contributed by atoms with van der Waals surface area (Å²) in [4.78, 5) is 27.7. The van der Waals surface area contributed by atoms with Gasteiger partial charge in [0.1, 0.15) is 5.75 Å². The Morgan fingerprint density at radius 2 is 1.78 bits per heavy atom. The number of halogens is 1. The monoisotopic (exact) mass is 387 g/mol. The summed E-state index contributed by atoms with van der Waals surface area (Å²) in [7, 11) is 0. The summed E-state index contributed by atoms with van der Waals surface area (Å²) < 4.78 is 5.27. The Labute approximate surface area is 163 Å². The van der Waals surface area contributed by atoms with Gasteiger partial charge in [0.25, 0.3) is 11.8 Å². The fraction of sp³-hybridized carbons (Fsp3) is 0.300. The number of amides is 2. The standard InChI is InChI=1S/C20H22ClN3O3/c21-17-5-1-3-15(11-17)13-23-7-9-24(10-8-23)20(26)16-4-2-6-18(12-16)27-14-19(22)25/h1-6,11-12H,7-10,13-14H2,(H2,22,25). The van der Waals surface area contributed by atoms with Crippen LogP contribution in [0.25, 0.3) is 0 Å². The van der Waals surface area contributed by atoms with Crippen LogP contribution in [-0.2, 0) is 11.3 Å². The largest absolute Gasteiger partial charge is 0.484 e. The minimum atomic E-state index is -0.553. The minimum absolute atomic E-state index is 0.0399. The van der Waals surface area contributed by atoms with Crippen LogP contribution >= 0.6 is 11.6 Å². The van der Waals surface area contributed by atoms with Crippen molar-refractivity contribution in [2.75, 3.05) is 32.8 Å². The summed E-state index contributed by atoms with van der Waals surface area (Å²) in [5.41, 5.74) is 6.79. The van der Waals surface area contributed by atoms with E-state index in [-0.39, 0.29) is 12.5 Å². The minimum Gasteiger partial charge on any atom is -0.484 e. The molecule has 2 N–H and O–H groups in total. The number of nitrogens with two attached hydrogens (primary N) is 1. The smallest absolute Gasteiger partial charge is 0.255 e. The Hall–Kier alpha value is -2.57. The summed E-state index contributed by atoms with van der Waals surface area (Å²) in [6, 6.07) is 14.7. The summed E-state index contributed by atoms with van der Waals surface area (Å²) >= 11 is 6.04. The molecule has 0 radical (unpaired) electrons. The quantitative estimate of drug-likeness (QED) is 0.824. The van der Waals surface area contributed by atoms with E-state index in [2.05, 4.69) is 11.0 Å². The second-order valence-corrected chi connectivity index (χ2v) is 6.92. The van der Waals surface area contributed by atoms with E-state index in [1.807, 2.05) is 23.1 Å². The van der Waals surface area contributed by atoms with Crippen molar-refractivity contribution in [1.29, 1.82) is 0 Å². The van der Waals surface area contributed by atoms with Crippen LogP contribution < -0.4 is 10.5 Å². The molecule has 0 bridgehead atoms. The van der Waals surface area contributed by atoms with Crippen molar-refractivity contribution in [3.8, 4) is 5.75 Å². The molecule has 1 aliphatic rings. The molecule has 142 valence electrons. The normalized spacial score (nSPS) is 14.8. The first-order valence-electron chi connectivity index (χ1n) is 8.78. The highest BCUT2D eigenvalue weighted by molar-refractivity contribution is 6.30. The van der Waals surface area contributed by atoms with E-state index in [1.54, 1.807) is 24.3 Å². The lowest BCUT2D eigenvalue weighted by atomic mass is 10.1. The number of carbonyl (C=O) groups excluding carboxylic acids is 2. The number of benzene rings is 2. The molecule has 2 aromatic rings. The van der Waals surface area contributed by atoms with Gasteiger partial charge in [-0.15, -0.1) is 0 Å². The van der Waals surface area contributed by atoms with Gasteiger partial charge in [0, 0.05) is 43.3 Å². The Morgan fingerprint density at radius 3 is 2.48 bits per heavy atom. The third kappa shape index (κ3) is 5.45. The molecule has 2 aromatic carbocycles. The lowest BCUT2D eigenvalue weighted by Crippen LogP contribution is -2.48. The molecule has 6 nitrogen and oxygen atoms in total. The van der Waals surface area contributed by atoms with Crippen LogP contribution in [0.3, 0.4) is 0 Å². The maximum absolute atomic E-state index is 12.7. The van der Waals surface area contributed by atoms with Crippen LogP contribution in [0.2, 0.25) is 5.02 Å². The maximum Gasteiger partial charge on any atom is 0.255 e. The van der Waals surface area contributed by atoms with Gasteiger partial charge in [0.05, 0.1) is 0 Å². The van der Waals surface area contributed by atoms with Crippen molar-refractivity contribution in [2.24, 2.45) is 5.73 Å². The Kier molecular flexibility index (Phi) is 6.32. The average Bonchev–Trinajstić information content (AvgIpc) is 2.67. The summed E-state index contributed by atoms with van der Waals surface area (Å²) in [5.74, 6) is -0.135. The molecule has 27 heavy (non-hydrogen) atoms. The van der Waals surface area contributed by atoms with Crippen LogP contribution in [0, 0.1) is 0 Å². The first-order valence-corrected chi connectivity index (χ1v) is 9.16. The zero-order valence-electron chi connectivity index (χ0n) is 14.9. The topological polar surface area (TPSA) is 75.9 Å². The second kappa shape index (κ2) is 8.88. The van der Waals surface area contributed by atoms with Crippen molar-refractivity contribution in [2.45, 2.75) is 6.54 Å². The third-order valence-electron chi connectivity index (χ3n) is 4.42. The van der Waals surface area contributed by atoms with Gasteiger partial charge < -0.3 is 15.4 Å². The number of piperazine rings is 1. The highest BCUT2D eigenvalue weighted by Gasteiger charge is 2.22. The van der Waals surface area contributed by atoms with E-state index < -0.39 is 5.91 Å². The van der Waals surface area contributed by atoms with Gasteiger partial charge >= 0.3 is 0 Å². The van der Waals surface area contributed by atoms with Gasteiger partial charge in [-0.25, -0.2) is 0 Å². The van der Waals surface area contributed by atoms with Crippen LogP contribution in [-0.4, -0.2) is 54.4 Å². The van der Waals surface area contributed by atoms with Gasteiger partial charge in [-0.3, -0.25) is 14.5 Å². The van der Waals surface area contributed by atoms with E-state index in [4.69, 9.17) is 22.1 Å². The summed E-state index contributed by atoms with van der Waals surface area (Å²) in [6.07, 6.45) is 0.